The first-order valence-corrected chi connectivity index (χ1v) is 11.6. The average Bonchev–Trinajstić information content (AvgIpc) is 2.92. The topological polar surface area (TPSA) is 63.7 Å². The van der Waals surface area contributed by atoms with Gasteiger partial charge in [-0.05, 0) is 60.0 Å². The zero-order valence-corrected chi connectivity index (χ0v) is 19.6. The zero-order chi connectivity index (χ0) is 24.0. The lowest BCUT2D eigenvalue weighted by atomic mass is 9.99. The van der Waals surface area contributed by atoms with Crippen LogP contribution in [0.1, 0.15) is 27.0 Å². The van der Waals surface area contributed by atoms with Crippen molar-refractivity contribution in [3.8, 4) is 11.5 Å². The van der Waals surface area contributed by atoms with Gasteiger partial charge in [0.2, 0.25) is 0 Å². The number of carbonyl (C=O) groups is 1. The van der Waals surface area contributed by atoms with Crippen molar-refractivity contribution in [3.05, 3.63) is 114 Å². The maximum Gasteiger partial charge on any atom is 0.255 e. The fourth-order valence-corrected chi connectivity index (χ4v) is 4.25. The highest BCUT2D eigenvalue weighted by molar-refractivity contribution is 6.04. The van der Waals surface area contributed by atoms with Crippen LogP contribution in [0.5, 0.6) is 11.5 Å². The summed E-state index contributed by atoms with van der Waals surface area (Å²) in [5.74, 6) is 0.971. The highest BCUT2D eigenvalue weighted by Gasteiger charge is 2.17. The number of methoxy groups -OCH3 is 1. The molecule has 0 saturated carbocycles. The number of pyridine rings is 1. The molecule has 1 N–H and O–H groups in total. The molecule has 0 fully saturated rings. The predicted molar refractivity (Wildman–Crippen MR) is 137 cm³/mol. The van der Waals surface area contributed by atoms with E-state index in [1.54, 1.807) is 37.7 Å². The molecule has 1 aliphatic rings. The molecule has 0 bridgehead atoms. The number of anilines is 2. The summed E-state index contributed by atoms with van der Waals surface area (Å²) in [6.45, 7) is 2.20. The molecule has 0 atom stereocenters. The smallest absolute Gasteiger partial charge is 0.255 e. The third-order valence-corrected chi connectivity index (χ3v) is 6.16. The fraction of sp³-hybridized carbons (Fsp3) is 0.172. The third kappa shape index (κ3) is 5.27. The number of benzene rings is 3. The van der Waals surface area contributed by atoms with Crippen LogP contribution in [0, 0.1) is 0 Å². The summed E-state index contributed by atoms with van der Waals surface area (Å²) in [6.07, 6.45) is 4.50. The number of nitrogens with zero attached hydrogens (tertiary/aromatic N) is 2. The van der Waals surface area contributed by atoms with E-state index in [1.165, 1.54) is 11.1 Å². The Morgan fingerprint density at radius 2 is 1.80 bits per heavy atom. The lowest BCUT2D eigenvalue weighted by Gasteiger charge is -2.30. The van der Waals surface area contributed by atoms with E-state index in [0.29, 0.717) is 29.4 Å². The third-order valence-electron chi connectivity index (χ3n) is 6.16. The van der Waals surface area contributed by atoms with Gasteiger partial charge in [-0.1, -0.05) is 30.3 Å². The molecule has 1 aromatic heterocycles. The Kier molecular flexibility index (Phi) is 6.61. The summed E-state index contributed by atoms with van der Waals surface area (Å²) < 4.78 is 11.3. The Morgan fingerprint density at radius 3 is 2.57 bits per heavy atom. The number of hydrogen-bond donors (Lipinski definition) is 1. The van der Waals surface area contributed by atoms with Gasteiger partial charge in [0, 0.05) is 54.1 Å². The predicted octanol–water partition coefficient (Wildman–Crippen LogP) is 5.48. The summed E-state index contributed by atoms with van der Waals surface area (Å²) >= 11 is 0. The number of fused-ring (bicyclic) bond motifs is 1. The van der Waals surface area contributed by atoms with Crippen molar-refractivity contribution >= 4 is 17.3 Å². The molecule has 6 heteroatoms. The number of hydrogen-bond acceptors (Lipinski definition) is 5. The van der Waals surface area contributed by atoms with Crippen LogP contribution in [0.2, 0.25) is 0 Å². The second-order valence-electron chi connectivity index (χ2n) is 8.46. The van der Waals surface area contributed by atoms with Crippen molar-refractivity contribution in [2.75, 3.05) is 23.9 Å². The van der Waals surface area contributed by atoms with Crippen molar-refractivity contribution in [2.24, 2.45) is 0 Å². The second kappa shape index (κ2) is 10.3. The van der Waals surface area contributed by atoms with E-state index in [4.69, 9.17) is 9.47 Å². The van der Waals surface area contributed by atoms with E-state index >= 15 is 0 Å². The van der Waals surface area contributed by atoms with E-state index < -0.39 is 0 Å². The van der Waals surface area contributed by atoms with Gasteiger partial charge in [-0.2, -0.15) is 0 Å². The normalized spacial score (nSPS) is 12.5. The molecular formula is C29H27N3O3. The average molecular weight is 466 g/mol. The van der Waals surface area contributed by atoms with Crippen LogP contribution in [0.4, 0.5) is 11.4 Å². The van der Waals surface area contributed by atoms with Crippen LogP contribution in [0.25, 0.3) is 0 Å². The number of rotatable bonds is 7. The maximum atomic E-state index is 12.9. The highest BCUT2D eigenvalue weighted by atomic mass is 16.5. The summed E-state index contributed by atoms with van der Waals surface area (Å²) in [4.78, 5) is 19.4. The van der Waals surface area contributed by atoms with E-state index in [0.717, 1.165) is 30.8 Å². The number of amides is 1. The van der Waals surface area contributed by atoms with Gasteiger partial charge in [-0.25, -0.2) is 0 Å². The largest absolute Gasteiger partial charge is 0.493 e. The monoisotopic (exact) mass is 465 g/mol. The molecule has 0 aliphatic carbocycles. The molecule has 3 aromatic carbocycles. The molecule has 176 valence electrons. The van der Waals surface area contributed by atoms with Crippen molar-refractivity contribution in [1.29, 1.82) is 0 Å². The van der Waals surface area contributed by atoms with Gasteiger partial charge in [0.05, 0.1) is 7.11 Å². The van der Waals surface area contributed by atoms with Gasteiger partial charge in [0.15, 0.2) is 11.5 Å². The van der Waals surface area contributed by atoms with Crippen LogP contribution in [0.3, 0.4) is 0 Å². The van der Waals surface area contributed by atoms with Gasteiger partial charge < -0.3 is 19.7 Å². The molecule has 6 nitrogen and oxygen atoms in total. The van der Waals surface area contributed by atoms with Gasteiger partial charge in [0.25, 0.3) is 5.91 Å². The minimum atomic E-state index is -0.177. The molecular weight excluding hydrogens is 438 g/mol. The van der Waals surface area contributed by atoms with E-state index in [2.05, 4.69) is 39.5 Å². The first-order chi connectivity index (χ1) is 17.2. The lowest BCUT2D eigenvalue weighted by Crippen LogP contribution is -2.30. The number of carbonyl (C=O) groups excluding carboxylic acids is 1. The van der Waals surface area contributed by atoms with Crippen molar-refractivity contribution in [2.45, 2.75) is 19.6 Å². The molecule has 0 saturated heterocycles. The highest BCUT2D eigenvalue weighted by Crippen LogP contribution is 2.31. The zero-order valence-electron chi connectivity index (χ0n) is 19.6. The van der Waals surface area contributed by atoms with E-state index in [1.807, 2.05) is 36.4 Å². The van der Waals surface area contributed by atoms with Crippen LogP contribution in [-0.4, -0.2) is 24.5 Å². The molecule has 1 amide bonds. The fourth-order valence-electron chi connectivity index (χ4n) is 4.25. The molecule has 5 rings (SSSR count). The minimum Gasteiger partial charge on any atom is -0.493 e. The maximum absolute atomic E-state index is 12.9. The molecule has 35 heavy (non-hydrogen) atoms. The van der Waals surface area contributed by atoms with E-state index in [9.17, 15) is 4.79 Å². The van der Waals surface area contributed by atoms with Crippen LogP contribution >= 0.6 is 0 Å². The summed E-state index contributed by atoms with van der Waals surface area (Å²) in [6, 6.07) is 25.5. The molecule has 0 unspecified atom stereocenters. The number of aromatic nitrogens is 1. The Labute approximate surface area is 205 Å². The lowest BCUT2D eigenvalue weighted by molar-refractivity contribution is 0.102. The quantitative estimate of drug-likeness (QED) is 0.391. The Hall–Kier alpha value is -4.32. The summed E-state index contributed by atoms with van der Waals surface area (Å²) in [7, 11) is 1.59. The number of nitrogens with one attached hydrogen (secondary N) is 1. The standard InChI is InChI=1S/C29H27N3O3/c1-34-27-13-10-25(17-28(27)35-20-21-5-4-15-30-18-21)31-29(33)23-8-11-26(12-9-23)32-16-14-22-6-2-3-7-24(22)19-32/h2-13,15,17-18H,14,16,19-20H2,1H3,(H,31,33). The van der Waals surface area contributed by atoms with Gasteiger partial charge >= 0.3 is 0 Å². The molecule has 0 radical (unpaired) electrons. The van der Waals surface area contributed by atoms with Crippen molar-refractivity contribution in [3.63, 3.8) is 0 Å². The van der Waals surface area contributed by atoms with Crippen LogP contribution in [0.15, 0.2) is 91.3 Å². The molecule has 4 aromatic rings. The molecule has 0 spiro atoms. The van der Waals surface area contributed by atoms with Crippen molar-refractivity contribution in [1.82, 2.24) is 4.98 Å². The van der Waals surface area contributed by atoms with Crippen LogP contribution < -0.4 is 19.7 Å². The molecule has 2 heterocycles. The first-order valence-electron chi connectivity index (χ1n) is 11.6. The second-order valence-corrected chi connectivity index (χ2v) is 8.46. The SMILES string of the molecule is COc1ccc(NC(=O)c2ccc(N3CCc4ccccc4C3)cc2)cc1OCc1cccnc1. The first kappa shape index (κ1) is 22.5. The Morgan fingerprint density at radius 1 is 0.971 bits per heavy atom. The summed E-state index contributed by atoms with van der Waals surface area (Å²) in [5, 5.41) is 2.96. The van der Waals surface area contributed by atoms with Gasteiger partial charge in [-0.3, -0.25) is 9.78 Å². The minimum absolute atomic E-state index is 0.177. The van der Waals surface area contributed by atoms with Crippen molar-refractivity contribution < 1.29 is 14.3 Å². The summed E-state index contributed by atoms with van der Waals surface area (Å²) in [5.41, 5.74) is 6.08. The van der Waals surface area contributed by atoms with Crippen LogP contribution in [-0.2, 0) is 19.6 Å². The number of ether oxygens (including phenoxy) is 2. The Bertz CT molecular complexity index is 1310. The Balaban J connectivity index is 1.25. The van der Waals surface area contributed by atoms with E-state index in [-0.39, 0.29) is 5.91 Å². The van der Waals surface area contributed by atoms with Gasteiger partial charge in [0.1, 0.15) is 6.61 Å². The van der Waals surface area contributed by atoms with Gasteiger partial charge in [-0.15, -0.1) is 0 Å². The molecule has 1 aliphatic heterocycles.